The van der Waals surface area contributed by atoms with Gasteiger partial charge in [0, 0.05) is 0 Å². The summed E-state index contributed by atoms with van der Waals surface area (Å²) in [5.41, 5.74) is 1.95. The average Bonchev–Trinajstić information content (AvgIpc) is 2.48. The molecule has 0 aliphatic carbocycles. The van der Waals surface area contributed by atoms with Crippen LogP contribution < -0.4 is 0 Å². The van der Waals surface area contributed by atoms with Gasteiger partial charge in [0.15, 0.2) is 9.84 Å². The highest BCUT2D eigenvalue weighted by molar-refractivity contribution is 7.92. The number of hydrogen-bond acceptors (Lipinski definition) is 2. The van der Waals surface area contributed by atoms with Crippen LogP contribution in [0.1, 0.15) is 5.56 Å². The van der Waals surface area contributed by atoms with Crippen LogP contribution in [-0.4, -0.2) is 19.9 Å². The first-order valence-corrected chi connectivity index (χ1v) is 5.94. The fraction of sp³-hybridized carbons (Fsp3) is 0.200. The first-order valence-electron chi connectivity index (χ1n) is 4.12. The molecule has 13 heavy (non-hydrogen) atoms. The maximum absolute atomic E-state index is 11.2. The Kier molecular flexibility index (Phi) is 1.96. The number of sulfone groups is 1. The first kappa shape index (κ1) is 8.51. The van der Waals surface area contributed by atoms with E-state index in [1.54, 1.807) is 6.08 Å². The van der Waals surface area contributed by atoms with E-state index < -0.39 is 9.84 Å². The van der Waals surface area contributed by atoms with E-state index in [9.17, 15) is 8.42 Å². The molecule has 1 aromatic rings. The Morgan fingerprint density at radius 2 is 1.77 bits per heavy atom. The highest BCUT2D eigenvalue weighted by atomic mass is 32.2. The predicted octanol–water partition coefficient (Wildman–Crippen LogP) is 1.50. The van der Waals surface area contributed by atoms with Crippen molar-refractivity contribution < 1.29 is 8.42 Å². The second-order valence-corrected chi connectivity index (χ2v) is 5.26. The van der Waals surface area contributed by atoms with Crippen molar-refractivity contribution >= 4 is 15.4 Å². The van der Waals surface area contributed by atoms with Crippen LogP contribution in [-0.2, 0) is 9.84 Å². The van der Waals surface area contributed by atoms with Crippen LogP contribution in [0.4, 0.5) is 0 Å². The zero-order valence-corrected chi connectivity index (χ0v) is 7.92. The Balaban J connectivity index is 2.32. The molecule has 0 unspecified atom stereocenters. The molecule has 0 N–H and O–H groups in total. The van der Waals surface area contributed by atoms with Crippen LogP contribution in [0.25, 0.3) is 5.57 Å². The standard InChI is InChI=1S/C10H10O2S/c11-13(12)7-6-10(8-13)9-4-2-1-3-5-9/h1-6H,7-8H2. The third-order valence-corrected chi connectivity index (χ3v) is 3.53. The van der Waals surface area contributed by atoms with Gasteiger partial charge in [-0.2, -0.15) is 0 Å². The van der Waals surface area contributed by atoms with Crippen LogP contribution in [0.5, 0.6) is 0 Å². The van der Waals surface area contributed by atoms with Crippen molar-refractivity contribution in [3.8, 4) is 0 Å². The van der Waals surface area contributed by atoms with Crippen LogP contribution >= 0.6 is 0 Å². The molecule has 0 bridgehead atoms. The van der Waals surface area contributed by atoms with E-state index in [-0.39, 0.29) is 11.5 Å². The quantitative estimate of drug-likeness (QED) is 0.679. The van der Waals surface area contributed by atoms with Crippen LogP contribution in [0.15, 0.2) is 36.4 Å². The average molecular weight is 194 g/mol. The molecule has 1 heterocycles. The molecule has 0 amide bonds. The van der Waals surface area contributed by atoms with Gasteiger partial charge < -0.3 is 0 Å². The summed E-state index contributed by atoms with van der Waals surface area (Å²) in [5.74, 6) is 0.383. The predicted molar refractivity (Wildman–Crippen MR) is 53.1 cm³/mol. The van der Waals surface area contributed by atoms with Gasteiger partial charge in [-0.05, 0) is 11.1 Å². The molecule has 1 aliphatic rings. The van der Waals surface area contributed by atoms with Gasteiger partial charge in [-0.25, -0.2) is 8.42 Å². The van der Waals surface area contributed by atoms with E-state index in [0.29, 0.717) is 0 Å². The summed E-state index contributed by atoms with van der Waals surface area (Å²) >= 11 is 0. The summed E-state index contributed by atoms with van der Waals surface area (Å²) in [6.07, 6.45) is 1.80. The summed E-state index contributed by atoms with van der Waals surface area (Å²) in [6.45, 7) is 0. The minimum absolute atomic E-state index is 0.191. The molecule has 0 saturated heterocycles. The normalized spacial score (nSPS) is 19.8. The number of hydrogen-bond donors (Lipinski definition) is 0. The summed E-state index contributed by atoms with van der Waals surface area (Å²) in [4.78, 5) is 0. The molecule has 2 nitrogen and oxygen atoms in total. The lowest BCUT2D eigenvalue weighted by molar-refractivity contribution is 0.603. The third-order valence-electron chi connectivity index (χ3n) is 2.10. The minimum atomic E-state index is -2.84. The molecule has 3 heteroatoms. The lowest BCUT2D eigenvalue weighted by Crippen LogP contribution is -2.02. The van der Waals surface area contributed by atoms with E-state index in [1.807, 2.05) is 30.3 Å². The van der Waals surface area contributed by atoms with E-state index in [2.05, 4.69) is 0 Å². The van der Waals surface area contributed by atoms with Gasteiger partial charge >= 0.3 is 0 Å². The SMILES string of the molecule is O=S1(=O)CC=C(c2ccccc2)C1. The highest BCUT2D eigenvalue weighted by Crippen LogP contribution is 2.21. The highest BCUT2D eigenvalue weighted by Gasteiger charge is 2.20. The van der Waals surface area contributed by atoms with Crippen molar-refractivity contribution in [1.29, 1.82) is 0 Å². The first-order chi connectivity index (χ1) is 6.17. The molecule has 0 atom stereocenters. The molecular formula is C10H10O2S. The molecule has 2 rings (SSSR count). The summed E-state index contributed by atoms with van der Waals surface area (Å²) in [7, 11) is -2.84. The summed E-state index contributed by atoms with van der Waals surface area (Å²) in [5, 5.41) is 0. The zero-order chi connectivity index (χ0) is 9.31. The number of benzene rings is 1. The van der Waals surface area contributed by atoms with Crippen molar-refractivity contribution in [3.63, 3.8) is 0 Å². The second kappa shape index (κ2) is 3.00. The van der Waals surface area contributed by atoms with Crippen molar-refractivity contribution in [3.05, 3.63) is 42.0 Å². The molecule has 1 aromatic carbocycles. The Hall–Kier alpha value is -1.09. The summed E-state index contributed by atoms with van der Waals surface area (Å²) in [6, 6.07) is 9.63. The van der Waals surface area contributed by atoms with Gasteiger partial charge in [-0.1, -0.05) is 36.4 Å². The van der Waals surface area contributed by atoms with E-state index >= 15 is 0 Å². The van der Waals surface area contributed by atoms with Gasteiger partial charge in [-0.15, -0.1) is 0 Å². The zero-order valence-electron chi connectivity index (χ0n) is 7.10. The van der Waals surface area contributed by atoms with Gasteiger partial charge in [0.1, 0.15) is 0 Å². The fourth-order valence-electron chi connectivity index (χ4n) is 1.44. The van der Waals surface area contributed by atoms with Crippen LogP contribution in [0.3, 0.4) is 0 Å². The van der Waals surface area contributed by atoms with Gasteiger partial charge in [0.05, 0.1) is 11.5 Å². The smallest absolute Gasteiger partial charge is 0.158 e. The number of rotatable bonds is 1. The maximum Gasteiger partial charge on any atom is 0.158 e. The van der Waals surface area contributed by atoms with E-state index in [0.717, 1.165) is 11.1 Å². The molecule has 0 spiro atoms. The second-order valence-electron chi connectivity index (χ2n) is 3.15. The Bertz CT molecular complexity index is 429. The fourth-order valence-corrected chi connectivity index (χ4v) is 2.77. The topological polar surface area (TPSA) is 34.1 Å². The molecule has 68 valence electrons. The van der Waals surface area contributed by atoms with Crippen molar-refractivity contribution in [2.75, 3.05) is 11.5 Å². The van der Waals surface area contributed by atoms with Crippen LogP contribution in [0.2, 0.25) is 0 Å². The molecule has 0 radical (unpaired) electrons. The molecule has 0 aromatic heterocycles. The van der Waals surface area contributed by atoms with Gasteiger partial charge in [0.2, 0.25) is 0 Å². The largest absolute Gasteiger partial charge is 0.228 e. The van der Waals surface area contributed by atoms with E-state index in [4.69, 9.17) is 0 Å². The Morgan fingerprint density at radius 3 is 2.31 bits per heavy atom. The van der Waals surface area contributed by atoms with Crippen molar-refractivity contribution in [1.82, 2.24) is 0 Å². The molecule has 0 saturated carbocycles. The van der Waals surface area contributed by atoms with Crippen molar-refractivity contribution in [2.45, 2.75) is 0 Å². The van der Waals surface area contributed by atoms with Gasteiger partial charge in [-0.3, -0.25) is 0 Å². The third kappa shape index (κ3) is 1.80. The van der Waals surface area contributed by atoms with E-state index in [1.165, 1.54) is 0 Å². The molecular weight excluding hydrogens is 184 g/mol. The molecule has 1 aliphatic heterocycles. The lowest BCUT2D eigenvalue weighted by Gasteiger charge is -1.99. The Morgan fingerprint density at radius 1 is 1.08 bits per heavy atom. The van der Waals surface area contributed by atoms with Gasteiger partial charge in [0.25, 0.3) is 0 Å². The van der Waals surface area contributed by atoms with Crippen molar-refractivity contribution in [2.24, 2.45) is 0 Å². The lowest BCUT2D eigenvalue weighted by atomic mass is 10.1. The minimum Gasteiger partial charge on any atom is -0.228 e. The summed E-state index contributed by atoms with van der Waals surface area (Å²) < 4.78 is 22.3. The van der Waals surface area contributed by atoms with Crippen LogP contribution in [0, 0.1) is 0 Å². The monoisotopic (exact) mass is 194 g/mol. The molecule has 0 fully saturated rings. The maximum atomic E-state index is 11.2. The Labute approximate surface area is 77.8 Å².